The number of hydrogen-bond donors (Lipinski definition) is 2. The van der Waals surface area contributed by atoms with Gasteiger partial charge >= 0.3 is 5.97 Å². The second-order valence-corrected chi connectivity index (χ2v) is 3.18. The summed E-state index contributed by atoms with van der Waals surface area (Å²) in [7, 11) is 0. The molecule has 0 spiro atoms. The van der Waals surface area contributed by atoms with Crippen LogP contribution in [0, 0.1) is 0 Å². The van der Waals surface area contributed by atoms with Crippen molar-refractivity contribution < 1.29 is 14.3 Å². The Morgan fingerprint density at radius 2 is 2.14 bits per heavy atom. The van der Waals surface area contributed by atoms with Crippen molar-refractivity contribution in [3.63, 3.8) is 0 Å². The molecule has 0 radical (unpaired) electrons. The molecule has 1 heterocycles. The Kier molecular flexibility index (Phi) is 2.21. The van der Waals surface area contributed by atoms with Crippen LogP contribution in [0.5, 0.6) is 0 Å². The normalized spacial score (nSPS) is 10.6. The van der Waals surface area contributed by atoms with E-state index in [2.05, 4.69) is 12.6 Å². The van der Waals surface area contributed by atoms with E-state index in [9.17, 15) is 4.79 Å². The zero-order valence-electron chi connectivity index (χ0n) is 7.23. The Labute approximate surface area is 85.7 Å². The van der Waals surface area contributed by atoms with Crippen LogP contribution in [0.1, 0.15) is 16.1 Å². The van der Waals surface area contributed by atoms with Gasteiger partial charge in [-0.15, -0.1) is 0 Å². The molecule has 2 aromatic rings. The first-order chi connectivity index (χ1) is 6.74. The number of rotatable bonds is 2. The van der Waals surface area contributed by atoms with E-state index in [1.54, 1.807) is 24.3 Å². The number of furan rings is 1. The number of para-hydroxylation sites is 1. The van der Waals surface area contributed by atoms with Crippen LogP contribution in [0.25, 0.3) is 11.0 Å². The van der Waals surface area contributed by atoms with Crippen molar-refractivity contribution in [2.45, 2.75) is 5.75 Å². The van der Waals surface area contributed by atoms with E-state index in [0.717, 1.165) is 0 Å². The molecule has 14 heavy (non-hydrogen) atoms. The van der Waals surface area contributed by atoms with Gasteiger partial charge in [-0.2, -0.15) is 12.6 Å². The van der Waals surface area contributed by atoms with Crippen molar-refractivity contribution in [1.82, 2.24) is 0 Å². The maximum absolute atomic E-state index is 11.0. The Morgan fingerprint density at radius 3 is 2.79 bits per heavy atom. The van der Waals surface area contributed by atoms with Crippen LogP contribution >= 0.6 is 12.6 Å². The lowest BCUT2D eigenvalue weighted by Gasteiger charge is -1.91. The summed E-state index contributed by atoms with van der Waals surface area (Å²) in [5.74, 6) is -0.280. The lowest BCUT2D eigenvalue weighted by Crippen LogP contribution is -1.97. The summed E-state index contributed by atoms with van der Waals surface area (Å²) in [5, 5.41) is 9.62. The van der Waals surface area contributed by atoms with Crippen molar-refractivity contribution in [2.75, 3.05) is 0 Å². The van der Waals surface area contributed by atoms with Gasteiger partial charge in [-0.25, -0.2) is 4.79 Å². The van der Waals surface area contributed by atoms with Crippen molar-refractivity contribution in [2.24, 2.45) is 0 Å². The van der Waals surface area contributed by atoms with Crippen molar-refractivity contribution in [3.05, 3.63) is 35.6 Å². The third-order valence-electron chi connectivity index (χ3n) is 2.03. The lowest BCUT2D eigenvalue weighted by atomic mass is 10.1. The van der Waals surface area contributed by atoms with Gasteiger partial charge in [0.15, 0.2) is 0 Å². The average molecular weight is 208 g/mol. The second kappa shape index (κ2) is 3.38. The Bertz CT molecular complexity index is 487. The van der Waals surface area contributed by atoms with Crippen LogP contribution in [0.2, 0.25) is 0 Å². The standard InChI is InChI=1S/C10H8O3S/c11-10(12)9-6-3-1-2-4-7(6)13-8(9)5-14/h1-4,14H,5H2,(H,11,12). The minimum absolute atomic E-state index is 0.218. The molecule has 0 saturated heterocycles. The number of hydrogen-bond acceptors (Lipinski definition) is 3. The van der Waals surface area contributed by atoms with E-state index in [0.29, 0.717) is 16.7 Å². The molecule has 0 aliphatic heterocycles. The zero-order valence-corrected chi connectivity index (χ0v) is 8.12. The third-order valence-corrected chi connectivity index (χ3v) is 2.31. The zero-order chi connectivity index (χ0) is 10.1. The molecule has 4 heteroatoms. The smallest absolute Gasteiger partial charge is 0.339 e. The highest BCUT2D eigenvalue weighted by Crippen LogP contribution is 2.26. The SMILES string of the molecule is O=C(O)c1c(CS)oc2ccccc12. The largest absolute Gasteiger partial charge is 0.478 e. The molecule has 2 rings (SSSR count). The van der Waals surface area contributed by atoms with Crippen LogP contribution < -0.4 is 0 Å². The predicted molar refractivity (Wildman–Crippen MR) is 55.9 cm³/mol. The molecular weight excluding hydrogens is 200 g/mol. The molecule has 0 aliphatic carbocycles. The predicted octanol–water partition coefficient (Wildman–Crippen LogP) is 2.56. The third kappa shape index (κ3) is 1.28. The molecule has 3 nitrogen and oxygen atoms in total. The second-order valence-electron chi connectivity index (χ2n) is 2.86. The van der Waals surface area contributed by atoms with Gasteiger partial charge < -0.3 is 9.52 Å². The Balaban J connectivity index is 2.81. The first-order valence-electron chi connectivity index (χ1n) is 4.08. The van der Waals surface area contributed by atoms with E-state index in [1.807, 2.05) is 0 Å². The van der Waals surface area contributed by atoms with Crippen LogP contribution in [0.3, 0.4) is 0 Å². The van der Waals surface area contributed by atoms with Crippen LogP contribution in [0.15, 0.2) is 28.7 Å². The van der Waals surface area contributed by atoms with Crippen molar-refractivity contribution >= 4 is 29.6 Å². The molecule has 0 saturated carbocycles. The van der Waals surface area contributed by atoms with E-state index < -0.39 is 5.97 Å². The molecular formula is C10H8O3S. The molecule has 0 fully saturated rings. The fraction of sp³-hybridized carbons (Fsp3) is 0.100. The summed E-state index contributed by atoms with van der Waals surface area (Å²) in [6, 6.07) is 7.07. The van der Waals surface area contributed by atoms with E-state index in [4.69, 9.17) is 9.52 Å². The van der Waals surface area contributed by atoms with E-state index in [1.165, 1.54) is 0 Å². The summed E-state index contributed by atoms with van der Waals surface area (Å²) >= 11 is 4.03. The first-order valence-corrected chi connectivity index (χ1v) is 4.72. The van der Waals surface area contributed by atoms with Crippen molar-refractivity contribution in [3.8, 4) is 0 Å². The minimum Gasteiger partial charge on any atom is -0.478 e. The number of benzene rings is 1. The molecule has 0 atom stereocenters. The summed E-state index contributed by atoms with van der Waals surface area (Å²) in [5.41, 5.74) is 0.810. The maximum Gasteiger partial charge on any atom is 0.339 e. The first kappa shape index (κ1) is 9.15. The fourth-order valence-electron chi connectivity index (χ4n) is 1.44. The highest BCUT2D eigenvalue weighted by Gasteiger charge is 2.18. The molecule has 0 amide bonds. The molecule has 0 aliphatic rings. The summed E-state index contributed by atoms with van der Waals surface area (Å²) in [6.45, 7) is 0. The summed E-state index contributed by atoms with van der Waals surface area (Å²) in [6.07, 6.45) is 0. The highest BCUT2D eigenvalue weighted by molar-refractivity contribution is 7.79. The van der Waals surface area contributed by atoms with Crippen molar-refractivity contribution in [1.29, 1.82) is 0 Å². The van der Waals surface area contributed by atoms with Gasteiger partial charge in [-0.05, 0) is 6.07 Å². The molecule has 0 unspecified atom stereocenters. The molecule has 1 aromatic carbocycles. The summed E-state index contributed by atoms with van der Waals surface area (Å²) < 4.78 is 5.35. The number of carboxylic acid groups (broad SMARTS) is 1. The van der Waals surface area contributed by atoms with Gasteiger partial charge in [0.2, 0.25) is 0 Å². The average Bonchev–Trinajstić information content (AvgIpc) is 2.55. The number of thiol groups is 1. The molecule has 72 valence electrons. The van der Waals surface area contributed by atoms with E-state index in [-0.39, 0.29) is 11.3 Å². The Morgan fingerprint density at radius 1 is 1.43 bits per heavy atom. The number of carbonyl (C=O) groups is 1. The number of carboxylic acids is 1. The Hall–Kier alpha value is -1.42. The van der Waals surface area contributed by atoms with Crippen LogP contribution in [-0.4, -0.2) is 11.1 Å². The van der Waals surface area contributed by atoms with Crippen LogP contribution in [0.4, 0.5) is 0 Å². The number of fused-ring (bicyclic) bond motifs is 1. The van der Waals surface area contributed by atoms with E-state index >= 15 is 0 Å². The van der Waals surface area contributed by atoms with Gasteiger partial charge in [0.25, 0.3) is 0 Å². The van der Waals surface area contributed by atoms with Gasteiger partial charge in [0, 0.05) is 11.1 Å². The maximum atomic E-state index is 11.0. The topological polar surface area (TPSA) is 50.4 Å². The number of aromatic carboxylic acids is 1. The quantitative estimate of drug-likeness (QED) is 0.746. The van der Waals surface area contributed by atoms with Crippen LogP contribution in [-0.2, 0) is 5.75 Å². The van der Waals surface area contributed by atoms with Gasteiger partial charge in [0.05, 0.1) is 0 Å². The molecule has 1 N–H and O–H groups in total. The summed E-state index contributed by atoms with van der Waals surface area (Å²) in [4.78, 5) is 11.0. The minimum atomic E-state index is -0.973. The highest BCUT2D eigenvalue weighted by atomic mass is 32.1. The van der Waals surface area contributed by atoms with Gasteiger partial charge in [-0.1, -0.05) is 18.2 Å². The molecule has 1 aromatic heterocycles. The lowest BCUT2D eigenvalue weighted by molar-refractivity contribution is 0.0697. The van der Waals surface area contributed by atoms with Gasteiger partial charge in [0.1, 0.15) is 16.9 Å². The fourth-order valence-corrected chi connectivity index (χ4v) is 1.66. The van der Waals surface area contributed by atoms with Gasteiger partial charge in [-0.3, -0.25) is 0 Å². The monoisotopic (exact) mass is 208 g/mol. The molecule has 0 bridgehead atoms.